The summed E-state index contributed by atoms with van der Waals surface area (Å²) in [4.78, 5) is 272. The van der Waals surface area contributed by atoms with Gasteiger partial charge in [-0.25, -0.2) is 4.79 Å². The number of primary amides is 2. The van der Waals surface area contributed by atoms with Gasteiger partial charge in [-0.1, -0.05) is 58.0 Å². The Morgan fingerprint density at radius 2 is 0.770 bits per heavy atom. The van der Waals surface area contributed by atoms with Crippen molar-refractivity contribution < 1.29 is 126 Å². The Balaban J connectivity index is 3.35. The highest BCUT2D eigenvalue weighted by molar-refractivity contribution is 6.01. The topological polar surface area (TPSA) is 780 Å². The Morgan fingerprint density at radius 3 is 1.23 bits per heavy atom. The van der Waals surface area contributed by atoms with E-state index < -0.39 is 293 Å². The maximum atomic E-state index is 14.5. The van der Waals surface area contributed by atoms with E-state index in [1.807, 2.05) is 10.6 Å². The lowest BCUT2D eigenvalue weighted by Crippen LogP contribution is -2.61. The summed E-state index contributed by atoms with van der Waals surface area (Å²) in [5.41, 5.74) is 21.8. The van der Waals surface area contributed by atoms with E-state index in [4.69, 9.17) is 28.3 Å². The smallest absolute Gasteiger partial charge is 0.326 e. The van der Waals surface area contributed by atoms with Crippen LogP contribution in [0.15, 0.2) is 30.3 Å². The van der Waals surface area contributed by atoms with Crippen LogP contribution in [0.25, 0.3) is 0 Å². The first-order valence-electron chi connectivity index (χ1n) is 35.2. The van der Waals surface area contributed by atoms with Gasteiger partial charge in [0, 0.05) is 32.2 Å². The van der Waals surface area contributed by atoms with Crippen LogP contribution >= 0.6 is 0 Å². The van der Waals surface area contributed by atoms with Gasteiger partial charge >= 0.3 is 23.9 Å². The third-order valence-corrected chi connectivity index (χ3v) is 15.8. The molecule has 0 aromatic heterocycles. The summed E-state index contributed by atoms with van der Waals surface area (Å²) in [7, 11) is 0. The molecule has 0 spiro atoms. The molecule has 1 aromatic rings. The number of amides is 17. The van der Waals surface area contributed by atoms with Gasteiger partial charge in [0.15, 0.2) is 5.96 Å². The predicted octanol–water partition coefficient (Wildman–Crippen LogP) is -11.2. The van der Waals surface area contributed by atoms with Crippen molar-refractivity contribution in [3.8, 4) is 0 Å². The minimum Gasteiger partial charge on any atom is -0.481 e. The van der Waals surface area contributed by atoms with E-state index in [0.717, 1.165) is 6.92 Å². The number of nitrogens with one attached hydrogen (secondary N) is 17. The van der Waals surface area contributed by atoms with Crippen molar-refractivity contribution in [3.05, 3.63) is 35.9 Å². The van der Waals surface area contributed by atoms with Crippen molar-refractivity contribution in [1.82, 2.24) is 85.1 Å². The Labute approximate surface area is 646 Å². The molecule has 0 aliphatic rings. The van der Waals surface area contributed by atoms with E-state index in [1.54, 1.807) is 45.9 Å². The first kappa shape index (κ1) is 98.3. The Bertz CT molecular complexity index is 3580. The third-order valence-electron chi connectivity index (χ3n) is 15.8. The quantitative estimate of drug-likeness (QED) is 0.0164. The molecule has 12 atom stereocenters. The molecule has 0 aliphatic carbocycles. The van der Waals surface area contributed by atoms with Crippen LogP contribution in [0.5, 0.6) is 0 Å². The maximum Gasteiger partial charge on any atom is 0.326 e. The molecule has 0 fully saturated rings. The molecular formula is C66H103N21O26. The fraction of sp³-hybridized carbons (Fsp3) is 0.576. The van der Waals surface area contributed by atoms with Crippen LogP contribution in [0, 0.1) is 17.2 Å². The summed E-state index contributed by atoms with van der Waals surface area (Å²) >= 11 is 0. The molecule has 47 heteroatoms. The highest BCUT2D eigenvalue weighted by Gasteiger charge is 2.37. The van der Waals surface area contributed by atoms with Crippen LogP contribution in [0.3, 0.4) is 0 Å². The van der Waals surface area contributed by atoms with Gasteiger partial charge in [0.25, 0.3) is 0 Å². The highest BCUT2D eigenvalue weighted by atomic mass is 16.4. The van der Waals surface area contributed by atoms with E-state index in [0.29, 0.717) is 5.56 Å². The van der Waals surface area contributed by atoms with E-state index in [2.05, 4.69) is 74.4 Å². The molecule has 0 unspecified atom stereocenters. The first-order valence-corrected chi connectivity index (χ1v) is 35.2. The second kappa shape index (κ2) is 50.9. The predicted molar refractivity (Wildman–Crippen MR) is 389 cm³/mol. The zero-order valence-electron chi connectivity index (χ0n) is 62.8. The van der Waals surface area contributed by atoms with E-state index in [1.165, 1.54) is 19.1 Å². The maximum absolute atomic E-state index is 14.5. The number of carbonyl (C=O) groups is 21. The molecule has 30 N–H and O–H groups in total. The van der Waals surface area contributed by atoms with Gasteiger partial charge in [0.1, 0.15) is 66.5 Å². The number of hydrogen-bond acceptors (Lipinski definition) is 24. The van der Waals surface area contributed by atoms with Crippen molar-refractivity contribution >= 4 is 130 Å². The van der Waals surface area contributed by atoms with Gasteiger partial charge in [-0.2, -0.15) is 0 Å². The Morgan fingerprint density at radius 1 is 0.389 bits per heavy atom. The molecule has 628 valence electrons. The minimum atomic E-state index is -2.06. The number of aliphatic hydroxyl groups excluding tert-OH is 1. The number of benzene rings is 1. The van der Waals surface area contributed by atoms with Gasteiger partial charge in [0.2, 0.25) is 100 Å². The summed E-state index contributed by atoms with van der Waals surface area (Å²) in [6.45, 7) is 4.38. The van der Waals surface area contributed by atoms with Gasteiger partial charge in [-0.3, -0.25) is 101 Å². The number of nitrogens with two attached hydrogens (primary N) is 4. The lowest BCUT2D eigenvalue weighted by molar-refractivity contribution is -0.143. The molecule has 47 nitrogen and oxygen atoms in total. The fourth-order valence-electron chi connectivity index (χ4n) is 9.84. The highest BCUT2D eigenvalue weighted by Crippen LogP contribution is 2.12. The number of hydrogen-bond donors (Lipinski definition) is 26. The van der Waals surface area contributed by atoms with Crippen LogP contribution in [-0.2, 0) is 107 Å². The second-order valence-electron chi connectivity index (χ2n) is 26.4. The number of aliphatic carboxylic acids is 4. The number of guanidine groups is 1. The number of carbonyl (C=O) groups excluding carboxylic acids is 17. The Hall–Kier alpha value is -12.7. The normalized spacial score (nSPS) is 14.0. The van der Waals surface area contributed by atoms with Crippen LogP contribution in [0.2, 0.25) is 0 Å². The van der Waals surface area contributed by atoms with Crippen molar-refractivity contribution in [2.24, 2.45) is 34.8 Å². The van der Waals surface area contributed by atoms with E-state index >= 15 is 0 Å². The molecule has 0 saturated heterocycles. The summed E-state index contributed by atoms with van der Waals surface area (Å²) in [6.07, 6.45) is -6.81. The molecule has 113 heavy (non-hydrogen) atoms. The summed E-state index contributed by atoms with van der Waals surface area (Å²) < 4.78 is 0. The lowest BCUT2D eigenvalue weighted by Gasteiger charge is -2.28. The number of carboxylic acids is 4. The number of aliphatic hydroxyl groups is 1. The van der Waals surface area contributed by atoms with Crippen molar-refractivity contribution in [3.63, 3.8) is 0 Å². The van der Waals surface area contributed by atoms with Gasteiger partial charge in [-0.05, 0) is 69.8 Å². The summed E-state index contributed by atoms with van der Waals surface area (Å²) in [6, 6.07) is -12.1. The molecule has 1 aromatic carbocycles. The fourth-order valence-corrected chi connectivity index (χ4v) is 9.84. The molecule has 0 heterocycles. The number of rotatable bonds is 54. The number of carboxylic acid groups (broad SMARTS) is 4. The second-order valence-corrected chi connectivity index (χ2v) is 26.4. The Kier molecular flexibility index (Phi) is 44.3. The van der Waals surface area contributed by atoms with Crippen LogP contribution in [-0.4, -0.2) is 268 Å². The summed E-state index contributed by atoms with van der Waals surface area (Å²) in [5.74, 6) is -26.2. The average Bonchev–Trinajstić information content (AvgIpc) is 0.850. The third kappa shape index (κ3) is 41.1. The SMILES string of the molecule is CC(C)C[C@H](NC(=O)[C@H](Cc1ccccc1)NC(=O)[C@H](CC(N)=O)NC(=O)[C@H](CCC(=O)O)NC(=O)[C@H](CCC(=O)O)NC(=O)CNC(=O)[C@H](CO)NC(=O)[C@H](CC(N)=O)NC(=O)[C@H](C)N)C(=O)N[C@@H](C)C(=O)N[C@@H](CCC(=O)O)C(=O)NCC(=O)NCC(=O)NCC(=O)N[C@H](C(=O)N[C@@H](CCCNC(=N)N)C(=O)O)C(C)C. The standard InChI is InChI=1S/C66H103N21O26/c1-30(2)21-39(60(107)77-33(6)55(102)79-35(14-17-50(95)96)56(103)75-26-47(92)73-25-46(91)74-27-49(94)87-53(31(3)4)64(111)81-38(65(112)113)13-10-20-72-66(70)71)83-61(108)40(22-34-11-8-7-9-12-34)84-62(109)42(24-45(69)90)85-59(106)37(16-19-52(99)100)80-58(105)36(15-18-51(97)98)78-48(93)28-76-57(104)43(29-88)86-63(110)41(23-44(68)89)82-54(101)32(5)67/h7-9,11-12,30-33,35-43,53,88H,10,13-29,67H2,1-6H3,(H2,68,89)(H2,69,90)(H,73,92)(H,74,91)(H,75,103)(H,76,104)(H,77,107)(H,78,93)(H,79,102)(H,80,105)(H,81,111)(H,82,101)(H,83,108)(H,84,109)(H,85,106)(H,86,110)(H,87,94)(H,95,96)(H,97,98)(H,99,100)(H,112,113)(H4,70,71,72)/t32-,33-,35-,36-,37-,38-,39-,40-,41-,42-,43-,53-/m0/s1. The largest absolute Gasteiger partial charge is 0.481 e. The van der Waals surface area contributed by atoms with E-state index in [9.17, 15) is 126 Å². The van der Waals surface area contributed by atoms with Crippen LogP contribution in [0.1, 0.15) is 118 Å². The first-order chi connectivity index (χ1) is 52.8. The minimum absolute atomic E-state index is 0.0572. The van der Waals surface area contributed by atoms with Crippen LogP contribution < -0.4 is 108 Å². The lowest BCUT2D eigenvalue weighted by atomic mass is 10.00. The molecule has 0 radical (unpaired) electrons. The zero-order chi connectivity index (χ0) is 85.9. The zero-order valence-corrected chi connectivity index (χ0v) is 62.8. The van der Waals surface area contributed by atoms with Crippen molar-refractivity contribution in [2.45, 2.75) is 191 Å². The van der Waals surface area contributed by atoms with Crippen molar-refractivity contribution in [1.29, 1.82) is 5.41 Å². The molecular weight excluding hydrogens is 1500 g/mol. The molecule has 0 saturated carbocycles. The van der Waals surface area contributed by atoms with Crippen LogP contribution in [0.4, 0.5) is 0 Å². The molecule has 0 bridgehead atoms. The van der Waals surface area contributed by atoms with E-state index in [-0.39, 0.29) is 38.2 Å². The van der Waals surface area contributed by atoms with Gasteiger partial charge < -0.3 is 134 Å². The summed E-state index contributed by atoms with van der Waals surface area (Å²) in [5, 5.41) is 91.3. The monoisotopic (exact) mass is 1610 g/mol. The molecule has 0 aliphatic heterocycles. The van der Waals surface area contributed by atoms with Gasteiger partial charge in [0.05, 0.1) is 51.7 Å². The van der Waals surface area contributed by atoms with Gasteiger partial charge in [-0.15, -0.1) is 0 Å². The average molecular weight is 1610 g/mol. The van der Waals surface area contributed by atoms with Crippen molar-refractivity contribution in [2.75, 3.05) is 39.3 Å². The molecule has 17 amide bonds. The molecule has 1 rings (SSSR count).